The molecule has 3 aliphatic rings. The second-order valence-corrected chi connectivity index (χ2v) is 9.93. The Balaban J connectivity index is 1.90. The van der Waals surface area contributed by atoms with E-state index in [1.54, 1.807) is 27.7 Å². The molecular weight excluding hydrogens is 408 g/mol. The first kappa shape index (κ1) is 22.3. The summed E-state index contributed by atoms with van der Waals surface area (Å²) in [6.45, 7) is 7.87. The Morgan fingerprint density at radius 2 is 1.84 bits per heavy atom. The van der Waals surface area contributed by atoms with Crippen molar-refractivity contribution < 1.29 is 43.5 Å². The average Bonchev–Trinajstić information content (AvgIpc) is 3.24. The highest BCUT2D eigenvalue weighted by atomic mass is 16.6. The summed E-state index contributed by atoms with van der Waals surface area (Å²) in [7, 11) is 0. The van der Waals surface area contributed by atoms with Crippen LogP contribution in [0.25, 0.3) is 0 Å². The Hall–Kier alpha value is -1.94. The highest BCUT2D eigenvalue weighted by Crippen LogP contribution is 2.67. The summed E-state index contributed by atoms with van der Waals surface area (Å²) in [5.74, 6) is -2.16. The normalized spacial score (nSPS) is 45.6. The van der Waals surface area contributed by atoms with Gasteiger partial charge in [-0.1, -0.05) is 0 Å². The lowest BCUT2D eigenvalue weighted by molar-refractivity contribution is -0.335. The molecule has 1 spiro atoms. The van der Waals surface area contributed by atoms with Crippen molar-refractivity contribution in [1.82, 2.24) is 0 Å². The molecule has 0 amide bonds. The number of rotatable bonds is 3. The molecule has 0 radical (unpaired) electrons. The van der Waals surface area contributed by atoms with Crippen molar-refractivity contribution >= 4 is 11.9 Å². The van der Waals surface area contributed by atoms with E-state index in [9.17, 15) is 24.9 Å². The van der Waals surface area contributed by atoms with Gasteiger partial charge in [-0.2, -0.15) is 0 Å². The number of fused-ring (bicyclic) bond motifs is 1. The standard InChI is InChI=1S/C22H30O9/c1-11(23)29-13-6-8-20(4,27)22-16(25)14(19(2,3)31-22)15(24)17(21(13,22)5)30-18(26)12-7-9-28-10-12/h7,9-10,13-17,24-25,27H,6,8H2,1-5H3/t13-,14+,15+,16+,17-,20-,21-,22-/m0/s1. The summed E-state index contributed by atoms with van der Waals surface area (Å²) in [6.07, 6.45) is -1.79. The van der Waals surface area contributed by atoms with Crippen LogP contribution < -0.4 is 0 Å². The summed E-state index contributed by atoms with van der Waals surface area (Å²) in [5.41, 5.74) is -5.57. The monoisotopic (exact) mass is 438 g/mol. The third-order valence-corrected chi connectivity index (χ3v) is 7.71. The zero-order chi connectivity index (χ0) is 23.0. The number of esters is 2. The van der Waals surface area contributed by atoms with E-state index >= 15 is 0 Å². The lowest BCUT2D eigenvalue weighted by Gasteiger charge is -2.64. The van der Waals surface area contributed by atoms with Gasteiger partial charge < -0.3 is 33.9 Å². The molecule has 1 saturated heterocycles. The van der Waals surface area contributed by atoms with Gasteiger partial charge in [0.15, 0.2) is 0 Å². The van der Waals surface area contributed by atoms with Crippen molar-refractivity contribution in [2.45, 2.75) is 88.7 Å². The summed E-state index contributed by atoms with van der Waals surface area (Å²) >= 11 is 0. The summed E-state index contributed by atoms with van der Waals surface area (Å²) < 4.78 is 22.8. The van der Waals surface area contributed by atoms with Gasteiger partial charge in [-0.3, -0.25) is 4.79 Å². The van der Waals surface area contributed by atoms with Crippen LogP contribution in [0.3, 0.4) is 0 Å². The molecule has 3 N–H and O–H groups in total. The first-order valence-corrected chi connectivity index (χ1v) is 10.5. The number of aliphatic hydroxyl groups excluding tert-OH is 2. The minimum Gasteiger partial charge on any atom is -0.472 e. The first-order valence-electron chi connectivity index (χ1n) is 10.5. The quantitative estimate of drug-likeness (QED) is 0.595. The Kier molecular flexibility index (Phi) is 4.87. The molecule has 9 heteroatoms. The topological polar surface area (TPSA) is 136 Å². The van der Waals surface area contributed by atoms with Gasteiger partial charge in [-0.05, 0) is 46.6 Å². The average molecular weight is 438 g/mol. The van der Waals surface area contributed by atoms with Crippen molar-refractivity contribution in [3.05, 3.63) is 24.2 Å². The van der Waals surface area contributed by atoms with E-state index in [1.165, 1.54) is 25.5 Å². The number of ether oxygens (including phenoxy) is 3. The number of carbonyl (C=O) groups excluding carboxylic acids is 2. The van der Waals surface area contributed by atoms with Crippen LogP contribution in [0.1, 0.15) is 57.8 Å². The number of hydrogen-bond donors (Lipinski definition) is 3. The third-order valence-electron chi connectivity index (χ3n) is 7.71. The molecule has 4 rings (SSSR count). The van der Waals surface area contributed by atoms with E-state index in [-0.39, 0.29) is 18.4 Å². The first-order chi connectivity index (χ1) is 14.3. The zero-order valence-corrected chi connectivity index (χ0v) is 18.3. The van der Waals surface area contributed by atoms with Crippen molar-refractivity contribution in [3.8, 4) is 0 Å². The van der Waals surface area contributed by atoms with Crippen molar-refractivity contribution in [1.29, 1.82) is 0 Å². The van der Waals surface area contributed by atoms with E-state index in [4.69, 9.17) is 18.6 Å². The fourth-order valence-electron chi connectivity index (χ4n) is 6.42. The van der Waals surface area contributed by atoms with E-state index in [0.29, 0.717) is 0 Å². The van der Waals surface area contributed by atoms with E-state index < -0.39 is 64.5 Å². The van der Waals surface area contributed by atoms with Crippen LogP contribution in [0.15, 0.2) is 23.0 Å². The van der Waals surface area contributed by atoms with Crippen LogP contribution in [-0.2, 0) is 19.0 Å². The largest absolute Gasteiger partial charge is 0.472 e. The molecule has 8 atom stereocenters. The molecule has 0 unspecified atom stereocenters. The minimum absolute atomic E-state index is 0.148. The minimum atomic E-state index is -1.66. The predicted molar refractivity (Wildman–Crippen MR) is 105 cm³/mol. The highest BCUT2D eigenvalue weighted by molar-refractivity contribution is 5.89. The van der Waals surface area contributed by atoms with Gasteiger partial charge in [0.1, 0.15) is 24.1 Å². The Morgan fingerprint density at radius 3 is 2.42 bits per heavy atom. The summed E-state index contributed by atoms with van der Waals surface area (Å²) in [5, 5.41) is 34.3. The number of carbonyl (C=O) groups is 2. The second-order valence-electron chi connectivity index (χ2n) is 9.93. The molecule has 9 nitrogen and oxygen atoms in total. The highest BCUT2D eigenvalue weighted by Gasteiger charge is 2.83. The number of aliphatic hydroxyl groups is 3. The second kappa shape index (κ2) is 6.78. The zero-order valence-electron chi connectivity index (χ0n) is 18.3. The fourth-order valence-corrected chi connectivity index (χ4v) is 6.42. The Labute approximate surface area is 180 Å². The molecule has 31 heavy (non-hydrogen) atoms. The predicted octanol–water partition coefficient (Wildman–Crippen LogP) is 1.19. The van der Waals surface area contributed by atoms with Gasteiger partial charge in [-0.25, -0.2) is 4.79 Å². The number of furan rings is 1. The van der Waals surface area contributed by atoms with Gasteiger partial charge in [0.25, 0.3) is 0 Å². The van der Waals surface area contributed by atoms with Gasteiger partial charge in [0.05, 0.1) is 40.7 Å². The molecule has 2 aliphatic carbocycles. The maximum absolute atomic E-state index is 12.8. The Bertz CT molecular complexity index is 876. The molecule has 3 fully saturated rings. The summed E-state index contributed by atoms with van der Waals surface area (Å²) in [6, 6.07) is 1.43. The van der Waals surface area contributed by atoms with Crippen molar-refractivity contribution in [3.63, 3.8) is 0 Å². The van der Waals surface area contributed by atoms with E-state index in [1.807, 2.05) is 0 Å². The molecule has 1 aromatic heterocycles. The molecule has 0 aromatic carbocycles. The molecular formula is C22H30O9. The lowest BCUT2D eigenvalue weighted by atomic mass is 9.47. The van der Waals surface area contributed by atoms with Crippen LogP contribution in [0.5, 0.6) is 0 Å². The van der Waals surface area contributed by atoms with Gasteiger partial charge >= 0.3 is 11.9 Å². The van der Waals surface area contributed by atoms with E-state index in [2.05, 4.69) is 0 Å². The van der Waals surface area contributed by atoms with Crippen LogP contribution >= 0.6 is 0 Å². The SMILES string of the molecule is CC(=O)O[C@H]1CC[C@](C)(O)[C@]23OC(C)(C)[C@H]([C@@H](O)[C@H](OC(=O)c4ccoc4)[C@]12C)[C@H]3O. The third kappa shape index (κ3) is 2.76. The smallest absolute Gasteiger partial charge is 0.341 e. The maximum atomic E-state index is 12.8. The van der Waals surface area contributed by atoms with Crippen LogP contribution in [0, 0.1) is 11.3 Å². The van der Waals surface area contributed by atoms with Crippen LogP contribution in [0.4, 0.5) is 0 Å². The van der Waals surface area contributed by atoms with Crippen LogP contribution in [-0.4, -0.2) is 68.5 Å². The van der Waals surface area contributed by atoms with Crippen LogP contribution in [0.2, 0.25) is 0 Å². The molecule has 172 valence electrons. The van der Waals surface area contributed by atoms with Gasteiger partial charge in [0, 0.05) is 12.8 Å². The number of hydrogen-bond acceptors (Lipinski definition) is 9. The molecule has 2 heterocycles. The molecule has 1 aliphatic heterocycles. The van der Waals surface area contributed by atoms with Crippen molar-refractivity contribution in [2.75, 3.05) is 0 Å². The molecule has 2 bridgehead atoms. The van der Waals surface area contributed by atoms with Gasteiger partial charge in [0.2, 0.25) is 0 Å². The molecule has 2 saturated carbocycles. The molecule has 1 aromatic rings. The summed E-state index contributed by atoms with van der Waals surface area (Å²) in [4.78, 5) is 24.8. The maximum Gasteiger partial charge on any atom is 0.341 e. The lowest BCUT2D eigenvalue weighted by Crippen LogP contribution is -2.80. The fraction of sp³-hybridized carbons (Fsp3) is 0.727. The Morgan fingerprint density at radius 1 is 1.16 bits per heavy atom. The van der Waals surface area contributed by atoms with E-state index in [0.717, 1.165) is 0 Å². The van der Waals surface area contributed by atoms with Gasteiger partial charge in [-0.15, -0.1) is 0 Å². The van der Waals surface area contributed by atoms with Crippen molar-refractivity contribution in [2.24, 2.45) is 11.3 Å².